The smallest absolute Gasteiger partial charge is 0.358 e. The van der Waals surface area contributed by atoms with E-state index in [0.717, 1.165) is 6.07 Å². The van der Waals surface area contributed by atoms with Crippen molar-refractivity contribution in [1.29, 1.82) is 0 Å². The number of H-pyrrole nitrogens is 1. The third kappa shape index (κ3) is 6.82. The zero-order chi connectivity index (χ0) is 37.4. The molecule has 51 heavy (non-hydrogen) atoms. The zero-order valence-electron chi connectivity index (χ0n) is 28.5. The maximum atomic E-state index is 14.5. The number of amides is 6. The van der Waals surface area contributed by atoms with E-state index in [1.165, 1.54) is 35.2 Å². The number of hydrogen-bond acceptors (Lipinski definition) is 5. The number of carbonyl (C=O) groups excluding carboxylic acids is 5. The van der Waals surface area contributed by atoms with Gasteiger partial charge in [-0.2, -0.15) is 13.2 Å². The second-order valence-electron chi connectivity index (χ2n) is 13.3. The van der Waals surface area contributed by atoms with Gasteiger partial charge in [0.25, 0.3) is 11.8 Å². The zero-order valence-corrected chi connectivity index (χ0v) is 28.5. The molecule has 1 fully saturated rings. The third-order valence-electron chi connectivity index (χ3n) is 10.2. The first kappa shape index (κ1) is 37.1. The highest BCUT2D eigenvalue weighted by Gasteiger charge is 2.67. The summed E-state index contributed by atoms with van der Waals surface area (Å²) < 4.78 is 56.8. The minimum atomic E-state index is -4.71. The lowest BCUT2D eigenvalue weighted by Crippen LogP contribution is -2.80. The summed E-state index contributed by atoms with van der Waals surface area (Å²) in [7, 11) is 0. The summed E-state index contributed by atoms with van der Waals surface area (Å²) in [6.45, 7) is 7.01. The number of carbonyl (C=O) groups is 5. The lowest BCUT2D eigenvalue weighted by Gasteiger charge is -2.61. The molecular formula is C35H41F4N7O5. The van der Waals surface area contributed by atoms with Crippen LogP contribution in [0.15, 0.2) is 42.5 Å². The average molecular weight is 716 g/mol. The number of nitrogens with two attached hydrogens (primary N) is 1. The molecule has 1 aliphatic carbocycles. The highest BCUT2D eigenvalue weighted by Crippen LogP contribution is 2.55. The van der Waals surface area contributed by atoms with Crippen molar-refractivity contribution in [3.05, 3.63) is 70.7 Å². The monoisotopic (exact) mass is 715 g/mol. The first-order valence-electron chi connectivity index (χ1n) is 16.8. The number of fused-ring (bicyclic) bond motifs is 5. The molecule has 274 valence electrons. The first-order chi connectivity index (χ1) is 24.0. The van der Waals surface area contributed by atoms with Gasteiger partial charge in [0.05, 0.1) is 23.5 Å². The van der Waals surface area contributed by atoms with E-state index in [1.54, 1.807) is 33.8 Å². The molecule has 3 aromatic rings. The van der Waals surface area contributed by atoms with Gasteiger partial charge in [0.15, 0.2) is 0 Å². The van der Waals surface area contributed by atoms with Crippen molar-refractivity contribution in [1.82, 2.24) is 31.4 Å². The molecule has 2 heterocycles. The molecule has 0 saturated carbocycles. The largest absolute Gasteiger partial charge is 0.418 e. The number of aromatic amines is 1. The Kier molecular flexibility index (Phi) is 10.4. The van der Waals surface area contributed by atoms with Crippen molar-refractivity contribution in [2.45, 2.75) is 89.6 Å². The molecule has 2 aliphatic rings. The Labute approximate surface area is 291 Å². The first-order valence-corrected chi connectivity index (χ1v) is 16.8. The number of aryl methyl sites for hydroxylation is 1. The third-order valence-corrected chi connectivity index (χ3v) is 10.2. The van der Waals surface area contributed by atoms with Crippen LogP contribution in [-0.4, -0.2) is 57.2 Å². The van der Waals surface area contributed by atoms with Crippen molar-refractivity contribution in [2.24, 2.45) is 17.6 Å². The standard InChI is InChI=1S/C35H41F4N7O5/c1-5-17(3)26(42-24(47)16-19-10-7-8-13-22(19)36)30(48)43-34-15-14-23-25(20-11-9-12-21(27(20)41-23)35(37,38)39)29(34)46(32(34)50)28(18(4)6-2)31(49)44-45-33(40)51/h7-13,17-18,26,28-29,41H,5-6,14-16H2,1-4H3,(H,42,47)(H,43,48)(H,44,49)(H3,40,45,51)/t17?,18?,26-,28-,29?,34+/m0/s1. The fraction of sp³-hybridized carbons (Fsp3) is 0.457. The molecule has 12 nitrogen and oxygen atoms in total. The Hall–Kier alpha value is -5.15. The highest BCUT2D eigenvalue weighted by molar-refractivity contribution is 6.05. The molecule has 16 heteroatoms. The van der Waals surface area contributed by atoms with Gasteiger partial charge in [0.1, 0.15) is 23.4 Å². The van der Waals surface area contributed by atoms with Crippen molar-refractivity contribution in [2.75, 3.05) is 0 Å². The fourth-order valence-electron chi connectivity index (χ4n) is 7.21. The summed E-state index contributed by atoms with van der Waals surface area (Å²) in [6, 6.07) is 4.80. The van der Waals surface area contributed by atoms with Gasteiger partial charge < -0.3 is 26.3 Å². The minimum absolute atomic E-state index is 0.0370. The number of benzene rings is 2. The van der Waals surface area contributed by atoms with Gasteiger partial charge in [-0.15, -0.1) is 0 Å². The van der Waals surface area contributed by atoms with E-state index in [2.05, 4.69) is 21.0 Å². The summed E-state index contributed by atoms with van der Waals surface area (Å²) in [6.07, 6.45) is -4.20. The number of nitrogens with zero attached hydrogens (tertiary/aromatic N) is 1. The molecule has 1 aliphatic heterocycles. The van der Waals surface area contributed by atoms with Crippen LogP contribution in [-0.2, 0) is 38.2 Å². The highest BCUT2D eigenvalue weighted by atomic mass is 19.4. The number of halogens is 4. The number of hydrogen-bond donors (Lipinski definition) is 6. The lowest BCUT2D eigenvalue weighted by molar-refractivity contribution is -0.179. The quantitative estimate of drug-likeness (QED) is 0.100. The SMILES string of the molecule is CCC(C)[C@H](NC(=O)Cc1ccccc1F)C(=O)N[C@]12CCc3[nH]c4c(C(F)(F)F)cccc4c3C1N([C@H](C(=O)NNC(N)=O)C(C)CC)C2=O. The van der Waals surface area contributed by atoms with Crippen LogP contribution in [0.3, 0.4) is 0 Å². The molecular weight excluding hydrogens is 674 g/mol. The van der Waals surface area contributed by atoms with Crippen LogP contribution in [0.25, 0.3) is 10.9 Å². The van der Waals surface area contributed by atoms with Gasteiger partial charge in [-0.1, -0.05) is 70.9 Å². The summed E-state index contributed by atoms with van der Waals surface area (Å²) in [5.41, 5.74) is 7.40. The van der Waals surface area contributed by atoms with Crippen molar-refractivity contribution < 1.29 is 41.5 Å². The number of alkyl halides is 3. The van der Waals surface area contributed by atoms with E-state index in [0.29, 0.717) is 24.1 Å². The molecule has 0 radical (unpaired) electrons. The summed E-state index contributed by atoms with van der Waals surface area (Å²) in [5.74, 6) is -4.36. The Bertz CT molecular complexity index is 1860. The topological polar surface area (TPSA) is 179 Å². The van der Waals surface area contributed by atoms with Gasteiger partial charge in [-0.25, -0.2) is 14.6 Å². The predicted molar refractivity (Wildman–Crippen MR) is 178 cm³/mol. The molecule has 6 amide bonds. The number of urea groups is 1. The van der Waals surface area contributed by atoms with Gasteiger partial charge in [0, 0.05) is 16.6 Å². The lowest BCUT2D eigenvalue weighted by atomic mass is 9.65. The number of likely N-dealkylation sites (tertiary alicyclic amines) is 1. The second kappa shape index (κ2) is 14.2. The number of para-hydroxylation sites is 1. The van der Waals surface area contributed by atoms with E-state index in [-0.39, 0.29) is 35.7 Å². The van der Waals surface area contributed by atoms with Crippen LogP contribution in [0, 0.1) is 17.7 Å². The molecule has 1 aromatic heterocycles. The number of aromatic nitrogens is 1. The number of nitrogens with one attached hydrogen (secondary N) is 5. The average Bonchev–Trinajstić information content (AvgIpc) is 3.46. The number of rotatable bonds is 11. The van der Waals surface area contributed by atoms with E-state index in [4.69, 9.17) is 5.73 Å². The van der Waals surface area contributed by atoms with Crippen molar-refractivity contribution in [3.63, 3.8) is 0 Å². The Balaban J connectivity index is 1.58. The van der Waals surface area contributed by atoms with Gasteiger partial charge in [-0.05, 0) is 42.4 Å². The molecule has 1 saturated heterocycles. The number of hydrazine groups is 1. The fourth-order valence-corrected chi connectivity index (χ4v) is 7.21. The van der Waals surface area contributed by atoms with Gasteiger partial charge >= 0.3 is 12.2 Å². The van der Waals surface area contributed by atoms with Crippen molar-refractivity contribution in [3.8, 4) is 0 Å². The molecule has 0 bridgehead atoms. The molecule has 2 aromatic carbocycles. The summed E-state index contributed by atoms with van der Waals surface area (Å²) in [4.78, 5) is 71.0. The molecule has 5 rings (SSSR count). The second-order valence-corrected chi connectivity index (χ2v) is 13.3. The molecule has 7 N–H and O–H groups in total. The van der Waals surface area contributed by atoms with Crippen LogP contribution in [0.2, 0.25) is 0 Å². The van der Waals surface area contributed by atoms with E-state index in [1.807, 2.05) is 5.43 Å². The predicted octanol–water partition coefficient (Wildman–Crippen LogP) is 3.90. The Morgan fingerprint density at radius 3 is 2.31 bits per heavy atom. The molecule has 3 unspecified atom stereocenters. The molecule has 0 spiro atoms. The summed E-state index contributed by atoms with van der Waals surface area (Å²) in [5, 5.41) is 5.72. The van der Waals surface area contributed by atoms with Crippen LogP contribution >= 0.6 is 0 Å². The van der Waals surface area contributed by atoms with E-state index >= 15 is 0 Å². The van der Waals surface area contributed by atoms with E-state index < -0.39 is 82.7 Å². The number of β-lactam (4-membered cyclic amide) rings is 1. The van der Waals surface area contributed by atoms with Crippen LogP contribution in [0.5, 0.6) is 0 Å². The maximum absolute atomic E-state index is 14.5. The van der Waals surface area contributed by atoms with Crippen LogP contribution < -0.4 is 27.2 Å². The normalized spacial score (nSPS) is 20.6. The van der Waals surface area contributed by atoms with E-state index in [9.17, 15) is 41.5 Å². The van der Waals surface area contributed by atoms with Crippen molar-refractivity contribution >= 4 is 40.6 Å². The minimum Gasteiger partial charge on any atom is -0.358 e. The Morgan fingerprint density at radius 1 is 1.00 bits per heavy atom. The Morgan fingerprint density at radius 2 is 1.69 bits per heavy atom. The van der Waals surface area contributed by atoms with Gasteiger partial charge in [0.2, 0.25) is 11.8 Å². The van der Waals surface area contributed by atoms with Gasteiger partial charge in [-0.3, -0.25) is 24.6 Å². The summed E-state index contributed by atoms with van der Waals surface area (Å²) >= 11 is 0. The number of primary amides is 1. The van der Waals surface area contributed by atoms with Crippen LogP contribution in [0.1, 0.15) is 75.4 Å². The maximum Gasteiger partial charge on any atom is 0.418 e. The van der Waals surface area contributed by atoms with Crippen LogP contribution in [0.4, 0.5) is 22.4 Å². The molecule has 6 atom stereocenters.